The molecule has 1 heterocycles. The van der Waals surface area contributed by atoms with Crippen molar-refractivity contribution in [1.29, 1.82) is 0 Å². The number of H-pyrrole nitrogens is 1. The van der Waals surface area contributed by atoms with Crippen LogP contribution in [0.15, 0.2) is 30.3 Å². The average Bonchev–Trinajstić information content (AvgIpc) is 2.87. The van der Waals surface area contributed by atoms with E-state index in [1.165, 1.54) is 6.92 Å². The number of Topliss-reactive ketones (excluding diaryl/α,β-unsaturated/α-hetero) is 1. The number of benzene rings is 1. The van der Waals surface area contributed by atoms with Crippen LogP contribution in [0.5, 0.6) is 0 Å². The summed E-state index contributed by atoms with van der Waals surface area (Å²) in [5, 5.41) is 12.5. The molecule has 0 aliphatic carbocycles. The number of amides is 1. The number of aliphatic carboxylic acids is 1. The Kier molecular flexibility index (Phi) is 5.11. The third-order valence-electron chi connectivity index (χ3n) is 4.51. The first-order valence-corrected chi connectivity index (χ1v) is 8.06. The molecule has 2 aromatic rings. The Balaban J connectivity index is 2.48. The molecule has 1 aromatic heterocycles. The molecular weight excluding hydrogens is 320 g/mol. The molecule has 1 atom stereocenters. The topological polar surface area (TPSA) is 99.3 Å². The molecule has 1 aromatic carbocycles. The van der Waals surface area contributed by atoms with Gasteiger partial charge in [-0.25, -0.2) is 4.79 Å². The second-order valence-corrected chi connectivity index (χ2v) is 6.07. The van der Waals surface area contributed by atoms with E-state index in [1.807, 2.05) is 0 Å². The number of carbonyl (C=O) groups excluding carboxylic acids is 2. The van der Waals surface area contributed by atoms with Crippen LogP contribution >= 0.6 is 0 Å². The summed E-state index contributed by atoms with van der Waals surface area (Å²) in [7, 11) is 0. The molecule has 1 amide bonds. The molecule has 132 valence electrons. The summed E-state index contributed by atoms with van der Waals surface area (Å²) < 4.78 is 0. The lowest BCUT2D eigenvalue weighted by molar-refractivity contribution is -0.145. The van der Waals surface area contributed by atoms with Crippen LogP contribution in [0.4, 0.5) is 0 Å². The Labute approximate surface area is 146 Å². The van der Waals surface area contributed by atoms with E-state index in [2.05, 4.69) is 10.3 Å². The Morgan fingerprint density at radius 3 is 2.20 bits per heavy atom. The summed E-state index contributed by atoms with van der Waals surface area (Å²) in [5.74, 6) is -1.84. The van der Waals surface area contributed by atoms with Gasteiger partial charge < -0.3 is 15.4 Å². The molecule has 0 spiro atoms. The van der Waals surface area contributed by atoms with E-state index >= 15 is 0 Å². The number of carbonyl (C=O) groups is 3. The SMILES string of the molecule is CCC(NC(=O)c1[nH]c(C)c(C(C)=O)c1C)(C(=O)O)c1ccccc1. The maximum atomic E-state index is 12.8. The van der Waals surface area contributed by atoms with Gasteiger partial charge in [0.1, 0.15) is 5.69 Å². The van der Waals surface area contributed by atoms with Crippen LogP contribution in [-0.4, -0.2) is 27.8 Å². The number of ketones is 1. The monoisotopic (exact) mass is 342 g/mol. The highest BCUT2D eigenvalue weighted by Gasteiger charge is 2.41. The minimum absolute atomic E-state index is 0.145. The molecule has 6 heteroatoms. The molecular formula is C19H22N2O4. The van der Waals surface area contributed by atoms with Crippen molar-refractivity contribution in [2.75, 3.05) is 0 Å². The van der Waals surface area contributed by atoms with E-state index in [9.17, 15) is 19.5 Å². The molecule has 2 rings (SSSR count). The number of rotatable bonds is 6. The molecule has 0 aliphatic rings. The van der Waals surface area contributed by atoms with Crippen molar-refractivity contribution in [3.05, 3.63) is 58.4 Å². The fraction of sp³-hybridized carbons (Fsp3) is 0.316. The first-order valence-electron chi connectivity index (χ1n) is 8.06. The largest absolute Gasteiger partial charge is 0.479 e. The second kappa shape index (κ2) is 6.93. The van der Waals surface area contributed by atoms with Gasteiger partial charge in [0.15, 0.2) is 11.3 Å². The summed E-state index contributed by atoms with van der Waals surface area (Å²) >= 11 is 0. The van der Waals surface area contributed by atoms with Crippen molar-refractivity contribution in [2.24, 2.45) is 0 Å². The summed E-state index contributed by atoms with van der Waals surface area (Å²) in [6, 6.07) is 8.59. The van der Waals surface area contributed by atoms with Gasteiger partial charge in [-0.3, -0.25) is 9.59 Å². The predicted octanol–water partition coefficient (Wildman–Crippen LogP) is 2.95. The van der Waals surface area contributed by atoms with Crippen LogP contribution in [-0.2, 0) is 10.3 Å². The molecule has 0 saturated heterocycles. The highest BCUT2D eigenvalue weighted by Crippen LogP contribution is 2.27. The maximum absolute atomic E-state index is 12.8. The molecule has 0 fully saturated rings. The molecule has 25 heavy (non-hydrogen) atoms. The number of hydrogen-bond donors (Lipinski definition) is 3. The minimum atomic E-state index is -1.54. The van der Waals surface area contributed by atoms with Gasteiger partial charge in [-0.1, -0.05) is 37.3 Å². The fourth-order valence-corrected chi connectivity index (χ4v) is 3.18. The highest BCUT2D eigenvalue weighted by atomic mass is 16.4. The Morgan fingerprint density at radius 2 is 1.76 bits per heavy atom. The van der Waals surface area contributed by atoms with Crippen LogP contribution in [0.3, 0.4) is 0 Å². The summed E-state index contributed by atoms with van der Waals surface area (Å²) in [6.45, 7) is 6.52. The van der Waals surface area contributed by atoms with Crippen molar-refractivity contribution in [3.63, 3.8) is 0 Å². The van der Waals surface area contributed by atoms with E-state index < -0.39 is 17.4 Å². The van der Waals surface area contributed by atoms with Crippen LogP contribution in [0, 0.1) is 13.8 Å². The molecule has 0 bridgehead atoms. The van der Waals surface area contributed by atoms with Crippen LogP contribution in [0.2, 0.25) is 0 Å². The maximum Gasteiger partial charge on any atom is 0.334 e. The Hall–Kier alpha value is -2.89. The standard InChI is InChI=1S/C19H22N2O4/c1-5-19(18(24)25,14-9-7-6-8-10-14)21-17(23)16-11(2)15(13(4)22)12(3)20-16/h6-10,20H,5H2,1-4H3,(H,21,23)(H,24,25). The number of aromatic amines is 1. The molecule has 0 aliphatic heterocycles. The fourth-order valence-electron chi connectivity index (χ4n) is 3.18. The van der Waals surface area contributed by atoms with Crippen molar-refractivity contribution in [1.82, 2.24) is 10.3 Å². The number of carboxylic acids is 1. The number of carboxylic acid groups (broad SMARTS) is 1. The summed E-state index contributed by atoms with van der Waals surface area (Å²) in [6.07, 6.45) is 0.177. The van der Waals surface area contributed by atoms with Gasteiger partial charge in [-0.05, 0) is 38.3 Å². The molecule has 0 radical (unpaired) electrons. The van der Waals surface area contributed by atoms with Gasteiger partial charge in [0.05, 0.1) is 0 Å². The predicted molar refractivity (Wildman–Crippen MR) is 93.8 cm³/mol. The highest BCUT2D eigenvalue weighted by molar-refractivity contribution is 6.03. The van der Waals surface area contributed by atoms with Crippen molar-refractivity contribution >= 4 is 17.7 Å². The number of aromatic nitrogens is 1. The lowest BCUT2D eigenvalue weighted by Gasteiger charge is -2.30. The van der Waals surface area contributed by atoms with E-state index in [0.29, 0.717) is 22.4 Å². The van der Waals surface area contributed by atoms with Gasteiger partial charge in [0.25, 0.3) is 5.91 Å². The second-order valence-electron chi connectivity index (χ2n) is 6.07. The van der Waals surface area contributed by atoms with Gasteiger partial charge in [0, 0.05) is 11.3 Å². The average molecular weight is 342 g/mol. The lowest BCUT2D eigenvalue weighted by atomic mass is 9.87. The van der Waals surface area contributed by atoms with E-state index in [1.54, 1.807) is 51.1 Å². The third kappa shape index (κ3) is 3.20. The molecule has 6 nitrogen and oxygen atoms in total. The molecule has 0 saturated carbocycles. The van der Waals surface area contributed by atoms with Crippen LogP contribution < -0.4 is 5.32 Å². The van der Waals surface area contributed by atoms with Crippen molar-refractivity contribution in [2.45, 2.75) is 39.7 Å². The Bertz CT molecular complexity index is 823. The first kappa shape index (κ1) is 18.4. The van der Waals surface area contributed by atoms with Gasteiger partial charge in [-0.15, -0.1) is 0 Å². The van der Waals surface area contributed by atoms with Gasteiger partial charge in [0.2, 0.25) is 0 Å². The zero-order valence-electron chi connectivity index (χ0n) is 14.8. The lowest BCUT2D eigenvalue weighted by Crippen LogP contribution is -2.51. The zero-order chi connectivity index (χ0) is 18.8. The van der Waals surface area contributed by atoms with Crippen molar-refractivity contribution in [3.8, 4) is 0 Å². The minimum Gasteiger partial charge on any atom is -0.479 e. The van der Waals surface area contributed by atoms with Gasteiger partial charge >= 0.3 is 5.97 Å². The smallest absolute Gasteiger partial charge is 0.334 e. The number of aryl methyl sites for hydroxylation is 1. The normalized spacial score (nSPS) is 13.1. The number of nitrogens with one attached hydrogen (secondary N) is 2. The molecule has 1 unspecified atom stereocenters. The summed E-state index contributed by atoms with van der Waals surface area (Å²) in [4.78, 5) is 39.4. The van der Waals surface area contributed by atoms with Gasteiger partial charge in [-0.2, -0.15) is 0 Å². The van der Waals surface area contributed by atoms with Crippen molar-refractivity contribution < 1.29 is 19.5 Å². The summed E-state index contributed by atoms with van der Waals surface area (Å²) in [5.41, 5.74) is 0.726. The van der Waals surface area contributed by atoms with E-state index in [-0.39, 0.29) is 17.9 Å². The van der Waals surface area contributed by atoms with E-state index in [4.69, 9.17) is 0 Å². The zero-order valence-corrected chi connectivity index (χ0v) is 14.8. The first-order chi connectivity index (χ1) is 11.7. The number of hydrogen-bond acceptors (Lipinski definition) is 3. The Morgan fingerprint density at radius 1 is 1.16 bits per heavy atom. The quantitative estimate of drug-likeness (QED) is 0.703. The third-order valence-corrected chi connectivity index (χ3v) is 4.51. The van der Waals surface area contributed by atoms with E-state index in [0.717, 1.165) is 0 Å². The van der Waals surface area contributed by atoms with Crippen LogP contribution in [0.25, 0.3) is 0 Å². The molecule has 3 N–H and O–H groups in total. The van der Waals surface area contributed by atoms with Crippen LogP contribution in [0.1, 0.15) is 57.9 Å².